The van der Waals surface area contributed by atoms with Crippen molar-refractivity contribution in [2.24, 2.45) is 5.73 Å². The lowest BCUT2D eigenvalue weighted by Crippen LogP contribution is -2.41. The number of hydrogen-bond acceptors (Lipinski definition) is 4. The Bertz CT molecular complexity index is 499. The summed E-state index contributed by atoms with van der Waals surface area (Å²) in [5.41, 5.74) is 6.45. The van der Waals surface area contributed by atoms with Crippen LogP contribution in [-0.2, 0) is 14.6 Å². The highest BCUT2D eigenvalue weighted by atomic mass is 32.2. The Kier molecular flexibility index (Phi) is 4.86. The molecule has 0 spiro atoms. The first kappa shape index (κ1) is 14.7. The molecule has 100 valence electrons. The van der Waals surface area contributed by atoms with Crippen molar-refractivity contribution >= 4 is 15.7 Å². The molecule has 0 saturated carbocycles. The van der Waals surface area contributed by atoms with E-state index >= 15 is 0 Å². The number of sulfone groups is 1. The van der Waals surface area contributed by atoms with Crippen molar-refractivity contribution in [2.45, 2.75) is 18.2 Å². The number of nitrogens with one attached hydrogen (secondary N) is 1. The highest BCUT2D eigenvalue weighted by Gasteiger charge is 2.25. The van der Waals surface area contributed by atoms with E-state index in [-0.39, 0.29) is 12.6 Å². The molecular weight excluding hydrogens is 252 g/mol. The van der Waals surface area contributed by atoms with Gasteiger partial charge in [0.2, 0.25) is 5.91 Å². The highest BCUT2D eigenvalue weighted by Crippen LogP contribution is 2.11. The third-order valence-corrected chi connectivity index (χ3v) is 4.26. The molecule has 0 saturated heterocycles. The zero-order valence-electron chi connectivity index (χ0n) is 10.5. The summed E-state index contributed by atoms with van der Waals surface area (Å²) in [6, 6.07) is 8.83. The molecule has 2 unspecified atom stereocenters. The van der Waals surface area contributed by atoms with Crippen LogP contribution in [0.25, 0.3) is 0 Å². The first-order valence-corrected chi connectivity index (χ1v) is 7.56. The summed E-state index contributed by atoms with van der Waals surface area (Å²) in [6.45, 7) is 1.58. The quantitative estimate of drug-likeness (QED) is 0.802. The Morgan fingerprint density at radius 3 is 2.33 bits per heavy atom. The maximum atomic E-state index is 11.8. The second-order valence-electron chi connectivity index (χ2n) is 4.18. The molecule has 0 aliphatic heterocycles. The van der Waals surface area contributed by atoms with Gasteiger partial charge in [-0.2, -0.15) is 0 Å². The smallest absolute Gasteiger partial charge is 0.238 e. The van der Waals surface area contributed by atoms with Gasteiger partial charge in [0.1, 0.15) is 5.25 Å². The number of benzene rings is 1. The molecule has 0 aliphatic carbocycles. The average molecular weight is 270 g/mol. The van der Waals surface area contributed by atoms with Crippen LogP contribution < -0.4 is 11.1 Å². The molecule has 0 bridgehead atoms. The van der Waals surface area contributed by atoms with E-state index in [1.807, 2.05) is 30.3 Å². The van der Waals surface area contributed by atoms with Crippen LogP contribution in [0.3, 0.4) is 0 Å². The summed E-state index contributed by atoms with van der Waals surface area (Å²) in [4.78, 5) is 11.8. The molecule has 0 heterocycles. The van der Waals surface area contributed by atoms with Crippen molar-refractivity contribution in [1.29, 1.82) is 0 Å². The SMILES string of the molecule is CC(C(=O)NC(CN)c1ccccc1)S(C)(=O)=O. The Morgan fingerprint density at radius 1 is 1.33 bits per heavy atom. The number of nitrogens with two attached hydrogens (primary N) is 1. The van der Waals surface area contributed by atoms with Crippen LogP contribution in [0.2, 0.25) is 0 Å². The van der Waals surface area contributed by atoms with E-state index in [4.69, 9.17) is 5.73 Å². The lowest BCUT2D eigenvalue weighted by atomic mass is 10.1. The summed E-state index contributed by atoms with van der Waals surface area (Å²) in [6.07, 6.45) is 1.04. The van der Waals surface area contributed by atoms with E-state index in [0.717, 1.165) is 11.8 Å². The van der Waals surface area contributed by atoms with Crippen molar-refractivity contribution in [3.8, 4) is 0 Å². The number of rotatable bonds is 5. The van der Waals surface area contributed by atoms with Crippen molar-refractivity contribution in [2.75, 3.05) is 12.8 Å². The summed E-state index contributed by atoms with van der Waals surface area (Å²) in [5.74, 6) is -0.531. The van der Waals surface area contributed by atoms with E-state index in [2.05, 4.69) is 5.32 Å². The minimum atomic E-state index is -3.39. The summed E-state index contributed by atoms with van der Waals surface area (Å²) in [5, 5.41) is 1.57. The van der Waals surface area contributed by atoms with Crippen LogP contribution in [-0.4, -0.2) is 32.4 Å². The lowest BCUT2D eigenvalue weighted by Gasteiger charge is -2.19. The van der Waals surface area contributed by atoms with Crippen molar-refractivity contribution < 1.29 is 13.2 Å². The van der Waals surface area contributed by atoms with E-state index < -0.39 is 21.0 Å². The number of carbonyl (C=O) groups excluding carboxylic acids is 1. The monoisotopic (exact) mass is 270 g/mol. The second kappa shape index (κ2) is 5.97. The normalized spacial score (nSPS) is 14.8. The van der Waals surface area contributed by atoms with E-state index in [1.54, 1.807) is 0 Å². The molecule has 1 rings (SSSR count). The van der Waals surface area contributed by atoms with Crippen LogP contribution in [0.5, 0.6) is 0 Å². The molecule has 0 aliphatic rings. The number of carbonyl (C=O) groups is 1. The highest BCUT2D eigenvalue weighted by molar-refractivity contribution is 7.92. The Morgan fingerprint density at radius 2 is 1.89 bits per heavy atom. The summed E-state index contributed by atoms with van der Waals surface area (Å²) in [7, 11) is -3.39. The molecule has 0 radical (unpaired) electrons. The molecule has 2 atom stereocenters. The number of hydrogen-bond donors (Lipinski definition) is 2. The minimum Gasteiger partial charge on any atom is -0.347 e. The number of amides is 1. The van der Waals surface area contributed by atoms with E-state index in [9.17, 15) is 13.2 Å². The zero-order valence-corrected chi connectivity index (χ0v) is 11.3. The van der Waals surface area contributed by atoms with Gasteiger partial charge in [-0.3, -0.25) is 4.79 Å². The fourth-order valence-corrected chi connectivity index (χ4v) is 1.90. The van der Waals surface area contributed by atoms with Gasteiger partial charge in [0.25, 0.3) is 0 Å². The largest absolute Gasteiger partial charge is 0.347 e. The molecule has 5 nitrogen and oxygen atoms in total. The van der Waals surface area contributed by atoms with Gasteiger partial charge in [-0.15, -0.1) is 0 Å². The molecule has 18 heavy (non-hydrogen) atoms. The molecular formula is C12H18N2O3S. The predicted molar refractivity (Wildman–Crippen MR) is 70.7 cm³/mol. The van der Waals surface area contributed by atoms with E-state index in [0.29, 0.717) is 0 Å². The first-order valence-electron chi connectivity index (χ1n) is 5.60. The van der Waals surface area contributed by atoms with Gasteiger partial charge in [-0.25, -0.2) is 8.42 Å². The van der Waals surface area contributed by atoms with Crippen molar-refractivity contribution in [3.63, 3.8) is 0 Å². The van der Waals surface area contributed by atoms with Gasteiger partial charge in [-0.05, 0) is 12.5 Å². The van der Waals surface area contributed by atoms with Gasteiger partial charge >= 0.3 is 0 Å². The first-order chi connectivity index (χ1) is 8.36. The van der Waals surface area contributed by atoms with Crippen LogP contribution in [0.4, 0.5) is 0 Å². The van der Waals surface area contributed by atoms with Crippen LogP contribution in [0, 0.1) is 0 Å². The third kappa shape index (κ3) is 3.82. The molecule has 1 amide bonds. The standard InChI is InChI=1S/C12H18N2O3S/c1-9(18(2,16)17)12(15)14-11(8-13)10-6-4-3-5-7-10/h3-7,9,11H,8,13H2,1-2H3,(H,14,15). The minimum absolute atomic E-state index is 0.215. The molecule has 0 aromatic heterocycles. The zero-order chi connectivity index (χ0) is 13.8. The van der Waals surface area contributed by atoms with Crippen molar-refractivity contribution in [1.82, 2.24) is 5.32 Å². The molecule has 0 fully saturated rings. The van der Waals surface area contributed by atoms with Crippen LogP contribution in [0.1, 0.15) is 18.5 Å². The third-order valence-electron chi connectivity index (χ3n) is 2.77. The maximum Gasteiger partial charge on any atom is 0.238 e. The Hall–Kier alpha value is -1.40. The topological polar surface area (TPSA) is 89.3 Å². The van der Waals surface area contributed by atoms with Gasteiger partial charge in [0.15, 0.2) is 9.84 Å². The van der Waals surface area contributed by atoms with Crippen molar-refractivity contribution in [3.05, 3.63) is 35.9 Å². The van der Waals surface area contributed by atoms with Crippen LogP contribution in [0.15, 0.2) is 30.3 Å². The fraction of sp³-hybridized carbons (Fsp3) is 0.417. The Labute approximate surface area is 107 Å². The van der Waals surface area contributed by atoms with Gasteiger partial charge in [0, 0.05) is 12.8 Å². The van der Waals surface area contributed by atoms with Crippen LogP contribution >= 0.6 is 0 Å². The fourth-order valence-electron chi connectivity index (χ4n) is 1.45. The van der Waals surface area contributed by atoms with Gasteiger partial charge < -0.3 is 11.1 Å². The summed E-state index contributed by atoms with van der Waals surface area (Å²) >= 11 is 0. The van der Waals surface area contributed by atoms with Gasteiger partial charge in [0.05, 0.1) is 6.04 Å². The molecule has 1 aromatic rings. The molecule has 6 heteroatoms. The average Bonchev–Trinajstić information content (AvgIpc) is 2.34. The second-order valence-corrected chi connectivity index (χ2v) is 6.55. The van der Waals surface area contributed by atoms with Gasteiger partial charge in [-0.1, -0.05) is 30.3 Å². The Balaban J connectivity index is 2.80. The lowest BCUT2D eigenvalue weighted by molar-refractivity contribution is -0.121. The molecule has 1 aromatic carbocycles. The maximum absolute atomic E-state index is 11.8. The predicted octanol–water partition coefficient (Wildman–Crippen LogP) is 0.236. The molecule has 3 N–H and O–H groups in total. The van der Waals surface area contributed by atoms with E-state index in [1.165, 1.54) is 6.92 Å². The summed E-state index contributed by atoms with van der Waals surface area (Å²) < 4.78 is 22.6.